The minimum absolute atomic E-state index is 0.179. The predicted octanol–water partition coefficient (Wildman–Crippen LogP) is 3.08. The van der Waals surface area contributed by atoms with Crippen LogP contribution in [0.3, 0.4) is 0 Å². The summed E-state index contributed by atoms with van der Waals surface area (Å²) >= 11 is 1.24. The molecule has 0 saturated heterocycles. The molecule has 1 unspecified atom stereocenters. The fourth-order valence-corrected chi connectivity index (χ4v) is 3.76. The Bertz CT molecular complexity index is 941. The fourth-order valence-electron chi connectivity index (χ4n) is 2.69. The second-order valence-corrected chi connectivity index (χ2v) is 7.15. The zero-order valence-electron chi connectivity index (χ0n) is 15.5. The molecular weight excluding hydrogens is 376 g/mol. The molecule has 1 heterocycles. The topological polar surface area (TPSA) is 89.0 Å². The van der Waals surface area contributed by atoms with Crippen LogP contribution in [0.2, 0.25) is 0 Å². The van der Waals surface area contributed by atoms with Crippen molar-refractivity contribution in [2.45, 2.75) is 23.4 Å². The summed E-state index contributed by atoms with van der Waals surface area (Å²) in [6.07, 6.45) is 0.676. The van der Waals surface area contributed by atoms with Crippen LogP contribution in [0.5, 0.6) is 0 Å². The number of hydrogen-bond donors (Lipinski definition) is 2. The number of carbonyl (C=O) groups is 1. The standard InChI is InChI=1S/C20H22N4O3S/c1-27-14-8-13-24-19(26)22-23-20(24)28-17(15-9-4-2-5-10-15)18(25)21-16-11-6-3-7-12-16/h2-7,9-12,17H,8,13-14H2,1H3,(H,21,25)(H,22,26). The van der Waals surface area contributed by atoms with E-state index >= 15 is 0 Å². The normalized spacial score (nSPS) is 11.9. The summed E-state index contributed by atoms with van der Waals surface area (Å²) in [6, 6.07) is 18.7. The van der Waals surface area contributed by atoms with Crippen molar-refractivity contribution in [1.29, 1.82) is 0 Å². The van der Waals surface area contributed by atoms with Crippen molar-refractivity contribution in [3.63, 3.8) is 0 Å². The molecule has 28 heavy (non-hydrogen) atoms. The van der Waals surface area contributed by atoms with Crippen LogP contribution in [-0.4, -0.2) is 34.4 Å². The number of methoxy groups -OCH3 is 1. The summed E-state index contributed by atoms with van der Waals surface area (Å²) < 4.78 is 6.60. The maximum atomic E-state index is 13.0. The van der Waals surface area contributed by atoms with Gasteiger partial charge in [-0.25, -0.2) is 9.89 Å². The molecule has 2 N–H and O–H groups in total. The largest absolute Gasteiger partial charge is 0.385 e. The van der Waals surface area contributed by atoms with Crippen LogP contribution >= 0.6 is 11.8 Å². The quantitative estimate of drug-likeness (QED) is 0.427. The maximum Gasteiger partial charge on any atom is 0.343 e. The third-order valence-electron chi connectivity index (χ3n) is 4.06. The molecule has 0 spiro atoms. The van der Waals surface area contributed by atoms with Gasteiger partial charge in [0.15, 0.2) is 5.16 Å². The number of ether oxygens (including phenoxy) is 1. The number of thioether (sulfide) groups is 1. The van der Waals surface area contributed by atoms with Gasteiger partial charge in [0.2, 0.25) is 5.91 Å². The van der Waals surface area contributed by atoms with Crippen LogP contribution in [0.1, 0.15) is 17.2 Å². The van der Waals surface area contributed by atoms with Crippen molar-refractivity contribution in [1.82, 2.24) is 14.8 Å². The molecule has 0 bridgehead atoms. The second kappa shape index (κ2) is 9.91. The van der Waals surface area contributed by atoms with Crippen LogP contribution in [0.25, 0.3) is 0 Å². The van der Waals surface area contributed by atoms with E-state index in [0.29, 0.717) is 30.4 Å². The molecule has 146 valence electrons. The lowest BCUT2D eigenvalue weighted by molar-refractivity contribution is -0.115. The second-order valence-electron chi connectivity index (χ2n) is 6.07. The summed E-state index contributed by atoms with van der Waals surface area (Å²) in [5.41, 5.74) is 1.25. The Kier molecular flexibility index (Phi) is 7.05. The van der Waals surface area contributed by atoms with E-state index in [9.17, 15) is 9.59 Å². The van der Waals surface area contributed by atoms with Gasteiger partial charge in [0.1, 0.15) is 5.25 Å². The number of anilines is 1. The van der Waals surface area contributed by atoms with E-state index in [1.54, 1.807) is 7.11 Å². The number of benzene rings is 2. The molecule has 7 nitrogen and oxygen atoms in total. The van der Waals surface area contributed by atoms with Crippen LogP contribution in [-0.2, 0) is 16.1 Å². The van der Waals surface area contributed by atoms with Gasteiger partial charge < -0.3 is 10.1 Å². The van der Waals surface area contributed by atoms with Gasteiger partial charge in [0.25, 0.3) is 0 Å². The number of H-pyrrole nitrogens is 1. The van der Waals surface area contributed by atoms with Crippen molar-refractivity contribution in [3.05, 3.63) is 76.7 Å². The Balaban J connectivity index is 1.84. The number of hydrogen-bond acceptors (Lipinski definition) is 5. The van der Waals surface area contributed by atoms with Crippen molar-refractivity contribution < 1.29 is 9.53 Å². The number of nitrogens with one attached hydrogen (secondary N) is 2. The smallest absolute Gasteiger partial charge is 0.343 e. The zero-order valence-corrected chi connectivity index (χ0v) is 16.3. The molecule has 0 aliphatic heterocycles. The summed E-state index contributed by atoms with van der Waals surface area (Å²) in [7, 11) is 1.62. The van der Waals surface area contributed by atoms with Crippen molar-refractivity contribution in [2.24, 2.45) is 0 Å². The van der Waals surface area contributed by atoms with Gasteiger partial charge in [0.05, 0.1) is 0 Å². The van der Waals surface area contributed by atoms with E-state index < -0.39 is 5.25 Å². The lowest BCUT2D eigenvalue weighted by Gasteiger charge is -2.17. The van der Waals surface area contributed by atoms with E-state index in [0.717, 1.165) is 5.56 Å². The average Bonchev–Trinajstić information content (AvgIpc) is 3.07. The van der Waals surface area contributed by atoms with Gasteiger partial charge in [-0.1, -0.05) is 60.3 Å². The number of nitrogens with zero attached hydrogens (tertiary/aromatic N) is 2. The molecule has 2 aromatic carbocycles. The van der Waals surface area contributed by atoms with Crippen molar-refractivity contribution in [3.8, 4) is 0 Å². The fraction of sp³-hybridized carbons (Fsp3) is 0.250. The first kappa shape index (κ1) is 19.9. The SMILES string of the molecule is COCCCn1c(SC(C(=O)Nc2ccccc2)c2ccccc2)n[nH]c1=O. The summed E-state index contributed by atoms with van der Waals surface area (Å²) in [6.45, 7) is 1.01. The van der Waals surface area contributed by atoms with Crippen LogP contribution in [0.15, 0.2) is 70.6 Å². The molecule has 1 amide bonds. The Hall–Kier alpha value is -2.84. The van der Waals surface area contributed by atoms with Gasteiger partial charge in [0, 0.05) is 25.9 Å². The maximum absolute atomic E-state index is 13.0. The Morgan fingerprint density at radius 3 is 2.54 bits per heavy atom. The van der Waals surface area contributed by atoms with Crippen LogP contribution in [0, 0.1) is 0 Å². The molecule has 0 aliphatic rings. The molecule has 0 saturated carbocycles. The van der Waals surface area contributed by atoms with Gasteiger partial charge in [-0.05, 0) is 24.1 Å². The van der Waals surface area contributed by atoms with Crippen molar-refractivity contribution in [2.75, 3.05) is 19.0 Å². The first-order chi connectivity index (χ1) is 13.7. The van der Waals surface area contributed by atoms with Gasteiger partial charge in [-0.15, -0.1) is 5.10 Å². The first-order valence-electron chi connectivity index (χ1n) is 8.90. The summed E-state index contributed by atoms with van der Waals surface area (Å²) in [4.78, 5) is 25.1. The number of rotatable bonds is 9. The highest BCUT2D eigenvalue weighted by atomic mass is 32.2. The average molecular weight is 398 g/mol. The predicted molar refractivity (Wildman–Crippen MR) is 109 cm³/mol. The van der Waals surface area contributed by atoms with E-state index in [-0.39, 0.29) is 11.6 Å². The molecule has 0 fully saturated rings. The van der Waals surface area contributed by atoms with Crippen molar-refractivity contribution >= 4 is 23.4 Å². The Morgan fingerprint density at radius 1 is 1.18 bits per heavy atom. The molecule has 3 rings (SSSR count). The molecule has 1 atom stereocenters. The molecular formula is C20H22N4O3S. The molecule has 3 aromatic rings. The monoisotopic (exact) mass is 398 g/mol. The number of para-hydroxylation sites is 1. The number of amides is 1. The third kappa shape index (κ3) is 5.11. The minimum Gasteiger partial charge on any atom is -0.385 e. The number of aromatic amines is 1. The van der Waals surface area contributed by atoms with Crippen LogP contribution in [0.4, 0.5) is 5.69 Å². The Labute approximate surface area is 167 Å². The molecule has 0 radical (unpaired) electrons. The third-order valence-corrected chi connectivity index (χ3v) is 5.30. The molecule has 8 heteroatoms. The lowest BCUT2D eigenvalue weighted by Crippen LogP contribution is -2.21. The van der Waals surface area contributed by atoms with Gasteiger partial charge >= 0.3 is 5.69 Å². The lowest BCUT2D eigenvalue weighted by atomic mass is 10.1. The molecule has 0 aliphatic carbocycles. The number of aromatic nitrogens is 3. The van der Waals surface area contributed by atoms with Crippen LogP contribution < -0.4 is 11.0 Å². The highest BCUT2D eigenvalue weighted by Crippen LogP contribution is 2.34. The highest BCUT2D eigenvalue weighted by molar-refractivity contribution is 8.00. The minimum atomic E-state index is -0.558. The first-order valence-corrected chi connectivity index (χ1v) is 9.78. The number of carbonyl (C=O) groups excluding carboxylic acids is 1. The summed E-state index contributed by atoms with van der Waals surface area (Å²) in [5.74, 6) is -0.179. The molecule has 1 aromatic heterocycles. The van der Waals surface area contributed by atoms with Gasteiger partial charge in [-0.2, -0.15) is 0 Å². The van der Waals surface area contributed by atoms with E-state index in [4.69, 9.17) is 4.74 Å². The summed E-state index contributed by atoms with van der Waals surface area (Å²) in [5, 5.41) is 9.44. The highest BCUT2D eigenvalue weighted by Gasteiger charge is 2.25. The van der Waals surface area contributed by atoms with E-state index in [1.807, 2.05) is 60.7 Å². The van der Waals surface area contributed by atoms with Gasteiger partial charge in [-0.3, -0.25) is 9.36 Å². The zero-order chi connectivity index (χ0) is 19.8. The Morgan fingerprint density at radius 2 is 1.86 bits per heavy atom. The van der Waals surface area contributed by atoms with E-state index in [2.05, 4.69) is 15.5 Å². The van der Waals surface area contributed by atoms with E-state index in [1.165, 1.54) is 16.3 Å².